The molecule has 150 valence electrons. The van der Waals surface area contributed by atoms with Gasteiger partial charge >= 0.3 is 0 Å². The first-order valence-electron chi connectivity index (χ1n) is 11.0. The van der Waals surface area contributed by atoms with Gasteiger partial charge in [-0.25, -0.2) is 0 Å². The Morgan fingerprint density at radius 3 is 2.67 bits per heavy atom. The quantitative estimate of drug-likeness (QED) is 0.829. The van der Waals surface area contributed by atoms with E-state index in [2.05, 4.69) is 26.3 Å². The summed E-state index contributed by atoms with van der Waals surface area (Å²) >= 11 is 0. The number of rotatable bonds is 6. The van der Waals surface area contributed by atoms with Gasteiger partial charge in [-0.3, -0.25) is 9.48 Å². The largest absolute Gasteiger partial charge is 0.341 e. The summed E-state index contributed by atoms with van der Waals surface area (Å²) in [7, 11) is 0. The van der Waals surface area contributed by atoms with E-state index in [1.807, 2.05) is 10.9 Å². The maximum Gasteiger partial charge on any atom is 0.244 e. The van der Waals surface area contributed by atoms with E-state index >= 15 is 0 Å². The lowest BCUT2D eigenvalue weighted by molar-refractivity contribution is -0.133. The highest BCUT2D eigenvalue weighted by molar-refractivity contribution is 5.76. The maximum atomic E-state index is 12.8. The Hall–Kier alpha value is -1.40. The molecule has 1 atom stereocenters. The zero-order chi connectivity index (χ0) is 18.5. The molecule has 27 heavy (non-hydrogen) atoms. The average molecular weight is 374 g/mol. The third-order valence-electron chi connectivity index (χ3n) is 6.77. The zero-order valence-electron chi connectivity index (χ0n) is 16.6. The topological polar surface area (TPSA) is 53.4 Å². The molecular formula is C21H35N5O. The van der Waals surface area contributed by atoms with Crippen LogP contribution in [0.2, 0.25) is 0 Å². The summed E-state index contributed by atoms with van der Waals surface area (Å²) in [6, 6.07) is 2.09. The fraction of sp³-hybridized carbons (Fsp3) is 0.810. The second-order valence-electron chi connectivity index (χ2n) is 8.62. The van der Waals surface area contributed by atoms with Gasteiger partial charge in [0.1, 0.15) is 6.54 Å². The second-order valence-corrected chi connectivity index (χ2v) is 8.62. The van der Waals surface area contributed by atoms with E-state index in [1.165, 1.54) is 57.4 Å². The van der Waals surface area contributed by atoms with Crippen LogP contribution in [0.4, 0.5) is 0 Å². The van der Waals surface area contributed by atoms with Crippen molar-refractivity contribution < 1.29 is 4.79 Å². The number of hydrogen-bond donors (Lipinski definition) is 1. The predicted octanol–water partition coefficient (Wildman–Crippen LogP) is 2.07. The molecule has 1 N–H and O–H groups in total. The first-order valence-corrected chi connectivity index (χ1v) is 11.0. The van der Waals surface area contributed by atoms with Crippen LogP contribution < -0.4 is 5.32 Å². The minimum Gasteiger partial charge on any atom is -0.341 e. The lowest BCUT2D eigenvalue weighted by Crippen LogP contribution is -2.41. The predicted molar refractivity (Wildman–Crippen MR) is 107 cm³/mol. The number of aromatic nitrogens is 2. The molecule has 4 heterocycles. The number of piperidine rings is 2. The number of nitrogens with zero attached hydrogens (tertiary/aromatic N) is 4. The highest BCUT2D eigenvalue weighted by atomic mass is 16.2. The fourth-order valence-corrected chi connectivity index (χ4v) is 5.00. The standard InChI is InChI=1S/C21H35N5O/c27-21(17-26-20(5-10-23-26)19-4-3-9-22-16-19)25-14-7-18(8-15-25)6-13-24-11-1-2-12-24/h5,10,18-19,22H,1-4,6-9,11-17H2/t19-/m0/s1. The summed E-state index contributed by atoms with van der Waals surface area (Å²) in [6.07, 6.45) is 10.6. The van der Waals surface area contributed by atoms with E-state index in [9.17, 15) is 4.79 Å². The molecule has 6 nitrogen and oxygen atoms in total. The van der Waals surface area contributed by atoms with Crippen molar-refractivity contribution in [1.29, 1.82) is 0 Å². The van der Waals surface area contributed by atoms with Crippen LogP contribution in [0, 0.1) is 5.92 Å². The van der Waals surface area contributed by atoms with Gasteiger partial charge in [0, 0.05) is 37.4 Å². The summed E-state index contributed by atoms with van der Waals surface area (Å²) in [5.74, 6) is 1.52. The molecule has 0 saturated carbocycles. The van der Waals surface area contributed by atoms with Gasteiger partial charge < -0.3 is 15.1 Å². The Balaban J connectivity index is 1.23. The van der Waals surface area contributed by atoms with Crippen LogP contribution in [0.1, 0.15) is 56.6 Å². The second kappa shape index (κ2) is 9.20. The monoisotopic (exact) mass is 373 g/mol. The number of carbonyl (C=O) groups excluding carboxylic acids is 1. The van der Waals surface area contributed by atoms with Gasteiger partial charge in [-0.05, 0) is 83.1 Å². The molecule has 1 aromatic rings. The minimum absolute atomic E-state index is 0.238. The molecule has 3 fully saturated rings. The van der Waals surface area contributed by atoms with E-state index in [-0.39, 0.29) is 5.91 Å². The Morgan fingerprint density at radius 2 is 1.93 bits per heavy atom. The van der Waals surface area contributed by atoms with Crippen molar-refractivity contribution in [3.05, 3.63) is 18.0 Å². The van der Waals surface area contributed by atoms with Crippen molar-refractivity contribution in [2.45, 2.75) is 57.4 Å². The Kier molecular flexibility index (Phi) is 6.45. The van der Waals surface area contributed by atoms with Crippen molar-refractivity contribution >= 4 is 5.91 Å². The van der Waals surface area contributed by atoms with Gasteiger partial charge in [-0.15, -0.1) is 0 Å². The van der Waals surface area contributed by atoms with Gasteiger partial charge in [-0.1, -0.05) is 0 Å². The summed E-state index contributed by atoms with van der Waals surface area (Å²) in [5, 5.41) is 7.91. The average Bonchev–Trinajstić information content (AvgIpc) is 3.39. The van der Waals surface area contributed by atoms with Gasteiger partial charge in [0.2, 0.25) is 5.91 Å². The molecule has 1 aromatic heterocycles. The molecule has 3 saturated heterocycles. The summed E-state index contributed by atoms with van der Waals surface area (Å²) < 4.78 is 1.94. The van der Waals surface area contributed by atoms with Gasteiger partial charge in [0.15, 0.2) is 0 Å². The van der Waals surface area contributed by atoms with Crippen molar-refractivity contribution in [3.63, 3.8) is 0 Å². The SMILES string of the molecule is O=C(Cn1nccc1[C@H]1CCCNC1)N1CCC(CCN2CCCC2)CC1. The highest BCUT2D eigenvalue weighted by Crippen LogP contribution is 2.24. The van der Waals surface area contributed by atoms with Crippen molar-refractivity contribution in [2.75, 3.05) is 45.8 Å². The summed E-state index contributed by atoms with van der Waals surface area (Å²) in [5.41, 5.74) is 1.22. The fourth-order valence-electron chi connectivity index (χ4n) is 5.00. The van der Waals surface area contributed by atoms with E-state index in [1.54, 1.807) is 0 Å². The Labute approximate surface area is 163 Å². The lowest BCUT2D eigenvalue weighted by atomic mass is 9.93. The number of hydrogen-bond acceptors (Lipinski definition) is 4. The van der Waals surface area contributed by atoms with Crippen LogP contribution in [0.15, 0.2) is 12.3 Å². The first-order chi connectivity index (χ1) is 13.3. The molecule has 3 aliphatic heterocycles. The molecule has 1 amide bonds. The van der Waals surface area contributed by atoms with Crippen LogP contribution >= 0.6 is 0 Å². The molecular weight excluding hydrogens is 338 g/mol. The third-order valence-corrected chi connectivity index (χ3v) is 6.77. The number of carbonyl (C=O) groups is 1. The van der Waals surface area contributed by atoms with E-state index in [0.717, 1.165) is 44.9 Å². The van der Waals surface area contributed by atoms with Crippen LogP contribution in [-0.4, -0.2) is 71.3 Å². The van der Waals surface area contributed by atoms with E-state index in [0.29, 0.717) is 12.5 Å². The summed E-state index contributed by atoms with van der Waals surface area (Å²) in [6.45, 7) is 8.19. The zero-order valence-corrected chi connectivity index (χ0v) is 16.6. The molecule has 4 rings (SSSR count). The Morgan fingerprint density at radius 1 is 1.11 bits per heavy atom. The molecule has 0 aliphatic carbocycles. The van der Waals surface area contributed by atoms with Gasteiger partial charge in [-0.2, -0.15) is 5.10 Å². The number of amides is 1. The van der Waals surface area contributed by atoms with Crippen LogP contribution in [0.25, 0.3) is 0 Å². The molecule has 0 bridgehead atoms. The van der Waals surface area contributed by atoms with Gasteiger partial charge in [0.05, 0.1) is 0 Å². The third kappa shape index (κ3) is 4.91. The van der Waals surface area contributed by atoms with E-state index in [4.69, 9.17) is 0 Å². The minimum atomic E-state index is 0.238. The molecule has 0 spiro atoms. The van der Waals surface area contributed by atoms with Crippen LogP contribution in [0.3, 0.4) is 0 Å². The smallest absolute Gasteiger partial charge is 0.244 e. The highest BCUT2D eigenvalue weighted by Gasteiger charge is 2.25. The van der Waals surface area contributed by atoms with Crippen molar-refractivity contribution in [2.24, 2.45) is 5.92 Å². The molecule has 0 radical (unpaired) electrons. The van der Waals surface area contributed by atoms with Gasteiger partial charge in [0.25, 0.3) is 0 Å². The van der Waals surface area contributed by atoms with Crippen molar-refractivity contribution in [1.82, 2.24) is 24.9 Å². The lowest BCUT2D eigenvalue weighted by Gasteiger charge is -2.33. The van der Waals surface area contributed by atoms with E-state index < -0.39 is 0 Å². The summed E-state index contributed by atoms with van der Waals surface area (Å²) in [4.78, 5) is 17.5. The molecule has 6 heteroatoms. The van der Waals surface area contributed by atoms with Crippen molar-refractivity contribution in [3.8, 4) is 0 Å². The van der Waals surface area contributed by atoms with Crippen LogP contribution in [-0.2, 0) is 11.3 Å². The normalized spacial score (nSPS) is 25.2. The number of nitrogens with one attached hydrogen (secondary N) is 1. The molecule has 0 aromatic carbocycles. The first kappa shape index (κ1) is 18.9. The number of likely N-dealkylation sites (tertiary alicyclic amines) is 2. The molecule has 3 aliphatic rings. The van der Waals surface area contributed by atoms with Crippen LogP contribution in [0.5, 0.6) is 0 Å². The Bertz CT molecular complexity index is 595. The maximum absolute atomic E-state index is 12.8. The molecule has 0 unspecified atom stereocenters.